The molecule has 0 saturated heterocycles. The molecule has 0 heterocycles. The van der Waals surface area contributed by atoms with Crippen molar-refractivity contribution < 1.29 is 32.5 Å². The van der Waals surface area contributed by atoms with Crippen LogP contribution in [0.4, 0.5) is 24.5 Å². The summed E-state index contributed by atoms with van der Waals surface area (Å²) in [6.45, 7) is -0.415. The number of alkyl halides is 3. The van der Waals surface area contributed by atoms with Crippen LogP contribution in [-0.2, 0) is 6.18 Å². The van der Waals surface area contributed by atoms with Crippen LogP contribution < -0.4 is 10.6 Å². The summed E-state index contributed by atoms with van der Waals surface area (Å²) in [5, 5.41) is 15.8. The second kappa shape index (κ2) is 9.94. The molecule has 2 amide bonds. The quantitative estimate of drug-likeness (QED) is 0.299. The van der Waals surface area contributed by atoms with Crippen molar-refractivity contribution in [3.8, 4) is 0 Å². The van der Waals surface area contributed by atoms with Gasteiger partial charge in [-0.1, -0.05) is 24.3 Å². The molecule has 0 radical (unpaired) electrons. The summed E-state index contributed by atoms with van der Waals surface area (Å²) in [6, 6.07) is 14.6. The zero-order valence-corrected chi connectivity index (χ0v) is 17.3. The monoisotopic (exact) mass is 471 g/mol. The number of hydrogen-bond donors (Lipinski definition) is 2. The number of rotatable bonds is 7. The minimum absolute atomic E-state index is 0.0173. The van der Waals surface area contributed by atoms with Crippen LogP contribution in [-0.4, -0.2) is 29.1 Å². The van der Waals surface area contributed by atoms with E-state index >= 15 is 0 Å². The average Bonchev–Trinajstić information content (AvgIpc) is 2.82. The van der Waals surface area contributed by atoms with E-state index in [0.717, 1.165) is 24.3 Å². The molecular weight excluding hydrogens is 455 g/mol. The molecule has 174 valence electrons. The summed E-state index contributed by atoms with van der Waals surface area (Å²) >= 11 is 0. The van der Waals surface area contributed by atoms with Crippen LogP contribution in [0.1, 0.15) is 36.6 Å². The Hall–Kier alpha value is -4.54. The van der Waals surface area contributed by atoms with Crippen LogP contribution in [0.3, 0.4) is 0 Å². The Morgan fingerprint density at radius 2 is 1.32 bits per heavy atom. The number of nitrogens with one attached hydrogen (secondary N) is 2. The number of amides is 2. The molecule has 0 aliphatic carbocycles. The van der Waals surface area contributed by atoms with Crippen molar-refractivity contribution in [2.45, 2.75) is 6.18 Å². The highest BCUT2D eigenvalue weighted by Crippen LogP contribution is 2.29. The molecule has 0 unspecified atom stereocenters. The van der Waals surface area contributed by atoms with Gasteiger partial charge in [-0.2, -0.15) is 13.2 Å². The molecule has 0 fully saturated rings. The van der Waals surface area contributed by atoms with Gasteiger partial charge in [0, 0.05) is 22.8 Å². The third-order valence-corrected chi connectivity index (χ3v) is 4.70. The molecular formula is C23H16F3N3O5. The maximum atomic E-state index is 12.6. The molecule has 3 rings (SSSR count). The minimum atomic E-state index is -4.52. The Morgan fingerprint density at radius 1 is 0.794 bits per heavy atom. The fraction of sp³-hybridized carbons (Fsp3) is 0.0870. The predicted octanol–water partition coefficient (Wildman–Crippen LogP) is 4.48. The second-order valence-electron chi connectivity index (χ2n) is 6.99. The first-order valence-electron chi connectivity index (χ1n) is 9.70. The van der Waals surface area contributed by atoms with Crippen LogP contribution in [0, 0.1) is 10.1 Å². The smallest absolute Gasteiger partial charge is 0.345 e. The van der Waals surface area contributed by atoms with Gasteiger partial charge in [0.25, 0.3) is 17.5 Å². The largest absolute Gasteiger partial charge is 0.416 e. The molecule has 11 heteroatoms. The molecule has 0 saturated carbocycles. The Bertz CT molecular complexity index is 1240. The SMILES string of the molecule is O=C(CNC(=O)c1ccc(C(F)(F)F)cc1)c1ccc(C(=O)Nc2ccccc2[N+](=O)[O-])cc1. The van der Waals surface area contributed by atoms with Gasteiger partial charge in [-0.3, -0.25) is 24.5 Å². The standard InChI is InChI=1S/C23H16F3N3O5/c24-23(25,26)17-11-9-15(10-12-17)21(31)27-13-20(30)14-5-7-16(8-6-14)22(32)28-18-3-1-2-4-19(18)29(33)34/h1-12H,13H2,(H,27,31)(H,28,32). The van der Waals surface area contributed by atoms with Gasteiger partial charge in [0.2, 0.25) is 0 Å². The summed E-state index contributed by atoms with van der Waals surface area (Å²) < 4.78 is 37.8. The third-order valence-electron chi connectivity index (χ3n) is 4.70. The Labute approximate surface area is 190 Å². The first-order valence-corrected chi connectivity index (χ1v) is 9.70. The molecule has 0 aliphatic rings. The minimum Gasteiger partial charge on any atom is -0.345 e. The first-order chi connectivity index (χ1) is 16.1. The van der Waals surface area contributed by atoms with Crippen molar-refractivity contribution in [3.63, 3.8) is 0 Å². The summed E-state index contributed by atoms with van der Waals surface area (Å²) in [5.74, 6) is -1.84. The third kappa shape index (κ3) is 5.82. The van der Waals surface area contributed by atoms with Crippen LogP contribution in [0.5, 0.6) is 0 Å². The van der Waals surface area contributed by atoms with Crippen LogP contribution >= 0.6 is 0 Å². The fourth-order valence-corrected chi connectivity index (χ4v) is 2.92. The van der Waals surface area contributed by atoms with Crippen LogP contribution in [0.15, 0.2) is 72.8 Å². The zero-order valence-electron chi connectivity index (χ0n) is 17.3. The van der Waals surface area contributed by atoms with E-state index in [2.05, 4.69) is 10.6 Å². The number of ketones is 1. The van der Waals surface area contributed by atoms with E-state index in [1.807, 2.05) is 0 Å². The number of benzene rings is 3. The van der Waals surface area contributed by atoms with E-state index in [4.69, 9.17) is 0 Å². The molecule has 0 atom stereocenters. The lowest BCUT2D eigenvalue weighted by Gasteiger charge is -2.09. The lowest BCUT2D eigenvalue weighted by molar-refractivity contribution is -0.383. The number of halogens is 3. The Morgan fingerprint density at radius 3 is 1.91 bits per heavy atom. The molecule has 8 nitrogen and oxygen atoms in total. The predicted molar refractivity (Wildman–Crippen MR) is 116 cm³/mol. The van der Waals surface area contributed by atoms with Crippen molar-refractivity contribution in [3.05, 3.63) is 105 Å². The zero-order chi connectivity index (χ0) is 24.9. The van der Waals surface area contributed by atoms with E-state index in [1.54, 1.807) is 0 Å². The van der Waals surface area contributed by atoms with Gasteiger partial charge in [0.1, 0.15) is 5.69 Å². The molecule has 3 aromatic rings. The van der Waals surface area contributed by atoms with Crippen molar-refractivity contribution in [2.24, 2.45) is 0 Å². The van der Waals surface area contributed by atoms with Gasteiger partial charge in [-0.05, 0) is 42.5 Å². The lowest BCUT2D eigenvalue weighted by atomic mass is 10.1. The van der Waals surface area contributed by atoms with E-state index in [0.29, 0.717) is 0 Å². The molecule has 0 aromatic heterocycles. The average molecular weight is 471 g/mol. The summed E-state index contributed by atoms with van der Waals surface area (Å²) in [6.07, 6.45) is -4.52. The first kappa shape index (κ1) is 24.1. The number of anilines is 1. The number of hydrogen-bond acceptors (Lipinski definition) is 5. The summed E-state index contributed by atoms with van der Waals surface area (Å²) in [5.41, 5.74) is -0.873. The van der Waals surface area contributed by atoms with E-state index in [-0.39, 0.29) is 28.1 Å². The number of Topliss-reactive ketones (excluding diaryl/α,β-unsaturated/α-hetero) is 1. The van der Waals surface area contributed by atoms with Gasteiger partial charge < -0.3 is 10.6 Å². The molecule has 3 aromatic carbocycles. The molecule has 2 N–H and O–H groups in total. The van der Waals surface area contributed by atoms with E-state index in [9.17, 15) is 37.7 Å². The second-order valence-corrected chi connectivity index (χ2v) is 6.99. The van der Waals surface area contributed by atoms with Crippen molar-refractivity contribution in [1.82, 2.24) is 5.32 Å². The normalized spacial score (nSPS) is 10.9. The fourth-order valence-electron chi connectivity index (χ4n) is 2.92. The summed E-state index contributed by atoms with van der Waals surface area (Å²) in [7, 11) is 0. The van der Waals surface area contributed by atoms with Crippen molar-refractivity contribution in [1.29, 1.82) is 0 Å². The number of nitro groups is 1. The molecule has 0 aliphatic heterocycles. The highest BCUT2D eigenvalue weighted by Gasteiger charge is 2.30. The van der Waals surface area contributed by atoms with Crippen LogP contribution in [0.2, 0.25) is 0 Å². The van der Waals surface area contributed by atoms with Gasteiger partial charge in [-0.25, -0.2) is 0 Å². The van der Waals surface area contributed by atoms with Gasteiger partial charge in [0.05, 0.1) is 17.0 Å². The topological polar surface area (TPSA) is 118 Å². The number of carbonyl (C=O) groups excluding carboxylic acids is 3. The Balaban J connectivity index is 1.59. The van der Waals surface area contributed by atoms with Crippen molar-refractivity contribution in [2.75, 3.05) is 11.9 Å². The van der Waals surface area contributed by atoms with Gasteiger partial charge in [0.15, 0.2) is 5.78 Å². The van der Waals surface area contributed by atoms with Crippen molar-refractivity contribution >= 4 is 29.0 Å². The summed E-state index contributed by atoms with van der Waals surface area (Å²) in [4.78, 5) is 47.2. The van der Waals surface area contributed by atoms with E-state index in [1.165, 1.54) is 48.5 Å². The molecule has 0 spiro atoms. The lowest BCUT2D eigenvalue weighted by Crippen LogP contribution is -2.29. The maximum Gasteiger partial charge on any atom is 0.416 e. The number of nitro benzene ring substituents is 1. The maximum absolute atomic E-state index is 12.6. The van der Waals surface area contributed by atoms with Crippen LogP contribution in [0.25, 0.3) is 0 Å². The number of carbonyl (C=O) groups is 3. The van der Waals surface area contributed by atoms with Gasteiger partial charge in [-0.15, -0.1) is 0 Å². The molecule has 34 heavy (non-hydrogen) atoms. The highest BCUT2D eigenvalue weighted by atomic mass is 19.4. The number of nitrogens with zero attached hydrogens (tertiary/aromatic N) is 1. The number of para-hydroxylation sites is 2. The molecule has 0 bridgehead atoms. The Kier molecular flexibility index (Phi) is 7.05. The van der Waals surface area contributed by atoms with E-state index < -0.39 is 40.8 Å². The van der Waals surface area contributed by atoms with Gasteiger partial charge >= 0.3 is 6.18 Å². The highest BCUT2D eigenvalue weighted by molar-refractivity contribution is 6.06.